The molecule has 0 aromatic carbocycles. The molecule has 0 atom stereocenters. The molecule has 1 fully saturated rings. The molecule has 1 saturated carbocycles. The van der Waals surface area contributed by atoms with E-state index in [1.165, 1.54) is 38.5 Å². The summed E-state index contributed by atoms with van der Waals surface area (Å²) in [4.78, 5) is 14.3. The quantitative estimate of drug-likeness (QED) is 0.698. The first kappa shape index (κ1) is 14.7. The van der Waals surface area contributed by atoms with E-state index in [2.05, 4.69) is 11.9 Å². The maximum atomic E-state index is 11.9. The first-order valence-corrected chi connectivity index (χ1v) is 7.15. The topological polar surface area (TPSA) is 20.3 Å². The Morgan fingerprint density at radius 2 is 1.65 bits per heavy atom. The van der Waals surface area contributed by atoms with Crippen molar-refractivity contribution in [3.05, 3.63) is 0 Å². The van der Waals surface area contributed by atoms with Crippen molar-refractivity contribution in [3.63, 3.8) is 0 Å². The second-order valence-corrected chi connectivity index (χ2v) is 6.55. The van der Waals surface area contributed by atoms with Crippen LogP contribution < -0.4 is 0 Å². The van der Waals surface area contributed by atoms with Crippen molar-refractivity contribution in [2.45, 2.75) is 71.8 Å². The molecule has 0 unspecified atom stereocenters. The van der Waals surface area contributed by atoms with Gasteiger partial charge in [-0.3, -0.25) is 4.79 Å². The molecule has 0 radical (unpaired) electrons. The highest BCUT2D eigenvalue weighted by Gasteiger charge is 2.23. The minimum absolute atomic E-state index is 0.176. The van der Waals surface area contributed by atoms with Crippen molar-refractivity contribution in [1.82, 2.24) is 4.90 Å². The van der Waals surface area contributed by atoms with E-state index in [1.54, 1.807) is 0 Å². The first-order chi connectivity index (χ1) is 7.91. The summed E-state index contributed by atoms with van der Waals surface area (Å²) >= 11 is 0. The third-order valence-corrected chi connectivity index (χ3v) is 3.98. The molecule has 0 aliphatic heterocycles. The molecule has 0 N–H and O–H groups in total. The van der Waals surface area contributed by atoms with Gasteiger partial charge in [0, 0.05) is 24.4 Å². The lowest BCUT2D eigenvalue weighted by Gasteiger charge is -2.28. The van der Waals surface area contributed by atoms with E-state index in [0.717, 1.165) is 6.54 Å². The first-order valence-electron chi connectivity index (χ1n) is 7.15. The third kappa shape index (κ3) is 5.20. The molecule has 0 saturated heterocycles. The largest absolute Gasteiger partial charge is 0.303 e. The fraction of sp³-hybridized carbons (Fsp3) is 0.933. The summed E-state index contributed by atoms with van der Waals surface area (Å²) in [5.41, 5.74) is -0.176. The van der Waals surface area contributed by atoms with Crippen LogP contribution in [-0.2, 0) is 4.79 Å². The number of carbonyl (C=O) groups is 1. The van der Waals surface area contributed by atoms with Gasteiger partial charge in [-0.15, -0.1) is 0 Å². The van der Waals surface area contributed by atoms with Crippen LogP contribution in [0.4, 0.5) is 0 Å². The molecule has 0 amide bonds. The smallest absolute Gasteiger partial charge is 0.139 e. The average molecular weight is 239 g/mol. The van der Waals surface area contributed by atoms with Gasteiger partial charge in [0.1, 0.15) is 5.78 Å². The zero-order valence-corrected chi connectivity index (χ0v) is 12.1. The Morgan fingerprint density at radius 3 is 2.12 bits per heavy atom. The molecule has 2 nitrogen and oxygen atoms in total. The van der Waals surface area contributed by atoms with E-state index in [1.807, 2.05) is 20.8 Å². The van der Waals surface area contributed by atoms with E-state index in [-0.39, 0.29) is 5.41 Å². The highest BCUT2D eigenvalue weighted by molar-refractivity contribution is 5.83. The molecule has 0 heterocycles. The van der Waals surface area contributed by atoms with Crippen LogP contribution in [0.3, 0.4) is 0 Å². The van der Waals surface area contributed by atoms with Crippen LogP contribution in [0.2, 0.25) is 0 Å². The van der Waals surface area contributed by atoms with Crippen LogP contribution in [0.15, 0.2) is 0 Å². The Morgan fingerprint density at radius 1 is 1.12 bits per heavy atom. The fourth-order valence-electron chi connectivity index (χ4n) is 2.53. The van der Waals surface area contributed by atoms with Crippen molar-refractivity contribution in [2.24, 2.45) is 5.41 Å². The van der Waals surface area contributed by atoms with Gasteiger partial charge in [-0.05, 0) is 19.9 Å². The van der Waals surface area contributed by atoms with Gasteiger partial charge in [-0.1, -0.05) is 46.5 Å². The summed E-state index contributed by atoms with van der Waals surface area (Å²) in [5, 5.41) is 0. The van der Waals surface area contributed by atoms with E-state index >= 15 is 0 Å². The van der Waals surface area contributed by atoms with E-state index in [4.69, 9.17) is 0 Å². The summed E-state index contributed by atoms with van der Waals surface area (Å²) < 4.78 is 0. The Bertz CT molecular complexity index is 234. The number of rotatable bonds is 4. The second-order valence-electron chi connectivity index (χ2n) is 6.55. The van der Waals surface area contributed by atoms with Crippen molar-refractivity contribution in [2.75, 3.05) is 13.6 Å². The Kier molecular flexibility index (Phi) is 5.64. The maximum Gasteiger partial charge on any atom is 0.139 e. The van der Waals surface area contributed by atoms with Gasteiger partial charge in [0.25, 0.3) is 0 Å². The van der Waals surface area contributed by atoms with Crippen LogP contribution in [0.25, 0.3) is 0 Å². The molecule has 1 rings (SSSR count). The lowest BCUT2D eigenvalue weighted by molar-refractivity contribution is -0.126. The Balaban J connectivity index is 2.33. The number of hydrogen-bond donors (Lipinski definition) is 0. The normalized spacial score (nSPS) is 19.4. The minimum atomic E-state index is -0.176. The minimum Gasteiger partial charge on any atom is -0.303 e. The van der Waals surface area contributed by atoms with Gasteiger partial charge in [-0.2, -0.15) is 0 Å². The fourth-order valence-corrected chi connectivity index (χ4v) is 2.53. The van der Waals surface area contributed by atoms with Gasteiger partial charge in [0.05, 0.1) is 0 Å². The van der Waals surface area contributed by atoms with Gasteiger partial charge in [-0.25, -0.2) is 0 Å². The molecular formula is C15H29NO. The summed E-state index contributed by atoms with van der Waals surface area (Å²) in [6.07, 6.45) is 8.86. The summed E-state index contributed by atoms with van der Waals surface area (Å²) in [7, 11) is 2.19. The Labute approximate surface area is 107 Å². The van der Waals surface area contributed by atoms with Crippen LogP contribution >= 0.6 is 0 Å². The van der Waals surface area contributed by atoms with Crippen LogP contribution in [-0.4, -0.2) is 30.3 Å². The maximum absolute atomic E-state index is 11.9. The number of ketones is 1. The Hall–Kier alpha value is -0.370. The molecule has 1 aliphatic rings. The molecule has 2 heteroatoms. The average Bonchev–Trinajstić information content (AvgIpc) is 2.52. The van der Waals surface area contributed by atoms with Gasteiger partial charge in [0.2, 0.25) is 0 Å². The van der Waals surface area contributed by atoms with Gasteiger partial charge >= 0.3 is 0 Å². The lowest BCUT2D eigenvalue weighted by Crippen LogP contribution is -2.34. The van der Waals surface area contributed by atoms with E-state index in [0.29, 0.717) is 18.2 Å². The second kappa shape index (κ2) is 6.53. The summed E-state index contributed by atoms with van der Waals surface area (Å²) in [5.74, 6) is 0.387. The predicted octanol–water partition coefficient (Wildman–Crippen LogP) is 3.65. The molecular weight excluding hydrogens is 210 g/mol. The van der Waals surface area contributed by atoms with Crippen molar-refractivity contribution in [3.8, 4) is 0 Å². The van der Waals surface area contributed by atoms with E-state index < -0.39 is 0 Å². The summed E-state index contributed by atoms with van der Waals surface area (Å²) in [6.45, 7) is 6.98. The van der Waals surface area contributed by atoms with Gasteiger partial charge in [0.15, 0.2) is 0 Å². The number of carbonyl (C=O) groups excluding carboxylic acids is 1. The highest BCUT2D eigenvalue weighted by atomic mass is 16.1. The van der Waals surface area contributed by atoms with Crippen molar-refractivity contribution >= 4 is 5.78 Å². The number of Topliss-reactive ketones (excluding diaryl/α,β-unsaturated/α-hetero) is 1. The van der Waals surface area contributed by atoms with Crippen LogP contribution in [0, 0.1) is 5.41 Å². The van der Waals surface area contributed by atoms with Crippen LogP contribution in [0.5, 0.6) is 0 Å². The molecule has 0 bridgehead atoms. The third-order valence-electron chi connectivity index (χ3n) is 3.98. The predicted molar refractivity (Wildman–Crippen MR) is 73.2 cm³/mol. The zero-order chi connectivity index (χ0) is 12.9. The lowest BCUT2D eigenvalue weighted by atomic mass is 9.89. The molecule has 17 heavy (non-hydrogen) atoms. The molecule has 1 aliphatic carbocycles. The highest BCUT2D eigenvalue weighted by Crippen LogP contribution is 2.22. The molecule has 0 spiro atoms. The summed E-state index contributed by atoms with van der Waals surface area (Å²) in [6, 6.07) is 0.713. The van der Waals surface area contributed by atoms with Crippen LogP contribution in [0.1, 0.15) is 65.7 Å². The zero-order valence-electron chi connectivity index (χ0n) is 12.1. The molecule has 0 aromatic heterocycles. The van der Waals surface area contributed by atoms with E-state index in [9.17, 15) is 4.79 Å². The van der Waals surface area contributed by atoms with Crippen molar-refractivity contribution < 1.29 is 4.79 Å². The number of hydrogen-bond acceptors (Lipinski definition) is 2. The SMILES string of the molecule is CN(CCC(=O)C(C)(C)C)C1CCCCCC1. The number of nitrogens with zero attached hydrogens (tertiary/aromatic N) is 1. The van der Waals surface area contributed by atoms with Crippen molar-refractivity contribution in [1.29, 1.82) is 0 Å². The monoisotopic (exact) mass is 239 g/mol. The standard InChI is InChI=1S/C15H29NO/c1-15(2,3)14(17)11-12-16(4)13-9-7-5-6-8-10-13/h13H,5-12H2,1-4H3. The van der Waals surface area contributed by atoms with Gasteiger partial charge < -0.3 is 4.90 Å². The molecule has 0 aromatic rings. The molecule has 100 valence electrons.